The summed E-state index contributed by atoms with van der Waals surface area (Å²) in [6, 6.07) is 10.2. The fraction of sp³-hybridized carbons (Fsp3) is 0. The standard InChI is InChI=1S/C13H9Cl3N2O3S/c14-8-5-6-11(16)12(7-8)22(20,21)18-17-13(19)9-3-1-2-4-10(9)15/h1-7,18H,(H,17,19). The number of amides is 1. The van der Waals surface area contributed by atoms with Gasteiger partial charge in [-0.2, -0.15) is 0 Å². The second-order valence-corrected chi connectivity index (χ2v) is 7.02. The maximum Gasteiger partial charge on any atom is 0.267 e. The number of carbonyl (C=O) groups is 1. The van der Waals surface area contributed by atoms with Gasteiger partial charge in [0.15, 0.2) is 0 Å². The van der Waals surface area contributed by atoms with E-state index in [1.165, 1.54) is 30.3 Å². The van der Waals surface area contributed by atoms with E-state index in [4.69, 9.17) is 34.8 Å². The third-order valence-corrected chi connectivity index (χ3v) is 4.89. The molecule has 0 radical (unpaired) electrons. The highest BCUT2D eigenvalue weighted by molar-refractivity contribution is 7.89. The summed E-state index contributed by atoms with van der Waals surface area (Å²) >= 11 is 17.4. The highest BCUT2D eigenvalue weighted by atomic mass is 35.5. The van der Waals surface area contributed by atoms with Gasteiger partial charge in [0.25, 0.3) is 15.9 Å². The van der Waals surface area contributed by atoms with Crippen LogP contribution >= 0.6 is 34.8 Å². The van der Waals surface area contributed by atoms with Gasteiger partial charge in [-0.15, -0.1) is 4.83 Å². The number of sulfonamides is 1. The van der Waals surface area contributed by atoms with Crippen molar-refractivity contribution in [3.8, 4) is 0 Å². The van der Waals surface area contributed by atoms with E-state index in [2.05, 4.69) is 5.43 Å². The van der Waals surface area contributed by atoms with E-state index < -0.39 is 15.9 Å². The first-order valence-corrected chi connectivity index (χ1v) is 8.45. The molecular weight excluding hydrogens is 371 g/mol. The van der Waals surface area contributed by atoms with E-state index in [1.807, 2.05) is 4.83 Å². The van der Waals surface area contributed by atoms with Crippen molar-refractivity contribution in [1.82, 2.24) is 10.3 Å². The molecule has 116 valence electrons. The maximum atomic E-state index is 12.1. The highest BCUT2D eigenvalue weighted by Gasteiger charge is 2.20. The molecule has 0 saturated heterocycles. The van der Waals surface area contributed by atoms with Crippen LogP contribution in [0.1, 0.15) is 10.4 Å². The summed E-state index contributed by atoms with van der Waals surface area (Å²) in [5.41, 5.74) is 2.19. The van der Waals surface area contributed by atoms with Gasteiger partial charge >= 0.3 is 0 Å². The van der Waals surface area contributed by atoms with Crippen molar-refractivity contribution in [2.75, 3.05) is 0 Å². The SMILES string of the molecule is O=C(NNS(=O)(=O)c1cc(Cl)ccc1Cl)c1ccccc1Cl. The summed E-state index contributed by atoms with van der Waals surface area (Å²) < 4.78 is 24.2. The number of benzene rings is 2. The number of rotatable bonds is 4. The zero-order chi connectivity index (χ0) is 16.3. The molecule has 2 aromatic rings. The molecule has 22 heavy (non-hydrogen) atoms. The molecule has 2 aromatic carbocycles. The largest absolute Gasteiger partial charge is 0.273 e. The quantitative estimate of drug-likeness (QED) is 0.801. The second-order valence-electron chi connectivity index (χ2n) is 4.11. The average Bonchev–Trinajstić information content (AvgIpc) is 2.48. The van der Waals surface area contributed by atoms with Gasteiger partial charge in [0, 0.05) is 5.02 Å². The van der Waals surface area contributed by atoms with Crippen LogP contribution in [0.2, 0.25) is 15.1 Å². The number of hydrogen-bond donors (Lipinski definition) is 2. The van der Waals surface area contributed by atoms with E-state index in [9.17, 15) is 13.2 Å². The topological polar surface area (TPSA) is 75.3 Å². The summed E-state index contributed by atoms with van der Waals surface area (Å²) in [6.07, 6.45) is 0. The second kappa shape index (κ2) is 6.85. The Morgan fingerprint density at radius 1 is 0.955 bits per heavy atom. The Morgan fingerprint density at radius 2 is 1.64 bits per heavy atom. The Kier molecular flexibility index (Phi) is 5.31. The Labute approximate surface area is 142 Å². The average molecular weight is 380 g/mol. The minimum atomic E-state index is -4.07. The molecule has 0 unspecified atom stereocenters. The lowest BCUT2D eigenvalue weighted by atomic mass is 10.2. The molecule has 0 saturated carbocycles. The molecule has 0 aliphatic heterocycles. The summed E-state index contributed by atoms with van der Waals surface area (Å²) in [5.74, 6) is -0.702. The molecule has 2 N–H and O–H groups in total. The zero-order valence-corrected chi connectivity index (χ0v) is 13.9. The number of hydrogen-bond acceptors (Lipinski definition) is 3. The number of hydrazine groups is 1. The van der Waals surface area contributed by atoms with E-state index in [1.54, 1.807) is 12.1 Å². The third-order valence-electron chi connectivity index (χ3n) is 2.60. The van der Waals surface area contributed by atoms with Crippen molar-refractivity contribution in [1.29, 1.82) is 0 Å². The maximum absolute atomic E-state index is 12.1. The van der Waals surface area contributed by atoms with Crippen molar-refractivity contribution in [2.45, 2.75) is 4.90 Å². The van der Waals surface area contributed by atoms with Crippen LogP contribution in [0.5, 0.6) is 0 Å². The van der Waals surface area contributed by atoms with Crippen molar-refractivity contribution in [3.63, 3.8) is 0 Å². The number of halogens is 3. The Morgan fingerprint density at radius 3 is 2.32 bits per heavy atom. The van der Waals surface area contributed by atoms with Crippen molar-refractivity contribution < 1.29 is 13.2 Å². The van der Waals surface area contributed by atoms with Gasteiger partial charge in [-0.3, -0.25) is 10.2 Å². The predicted molar refractivity (Wildman–Crippen MR) is 85.7 cm³/mol. The van der Waals surface area contributed by atoms with Crippen LogP contribution in [0.3, 0.4) is 0 Å². The molecule has 0 fully saturated rings. The normalized spacial score (nSPS) is 11.2. The molecule has 2 rings (SSSR count). The first kappa shape index (κ1) is 17.1. The Balaban J connectivity index is 2.18. The Hall–Kier alpha value is -1.31. The summed E-state index contributed by atoms with van der Waals surface area (Å²) in [6.45, 7) is 0. The van der Waals surface area contributed by atoms with Crippen LogP contribution in [0.15, 0.2) is 47.4 Å². The molecule has 0 heterocycles. The Bertz CT molecular complexity index is 825. The lowest BCUT2D eigenvalue weighted by molar-refractivity contribution is 0.0945. The third kappa shape index (κ3) is 3.91. The van der Waals surface area contributed by atoms with Gasteiger partial charge in [-0.1, -0.05) is 46.9 Å². The highest BCUT2D eigenvalue weighted by Crippen LogP contribution is 2.24. The molecule has 1 amide bonds. The predicted octanol–water partition coefficient (Wildman–Crippen LogP) is 3.27. The minimum absolute atomic E-state index is 0.0242. The smallest absolute Gasteiger partial charge is 0.267 e. The van der Waals surface area contributed by atoms with Crippen molar-refractivity contribution in [2.24, 2.45) is 0 Å². The van der Waals surface area contributed by atoms with Crippen molar-refractivity contribution in [3.05, 3.63) is 63.1 Å². The molecule has 0 atom stereocenters. The lowest BCUT2D eigenvalue weighted by Crippen LogP contribution is -2.41. The zero-order valence-electron chi connectivity index (χ0n) is 10.8. The van der Waals surface area contributed by atoms with Gasteiger partial charge in [0.1, 0.15) is 4.90 Å². The van der Waals surface area contributed by atoms with Crippen LogP contribution in [0.4, 0.5) is 0 Å². The summed E-state index contributed by atoms with van der Waals surface area (Å²) in [7, 11) is -4.07. The first-order valence-electron chi connectivity index (χ1n) is 5.83. The molecular formula is C13H9Cl3N2O3S. The van der Waals surface area contributed by atoms with Crippen LogP contribution in [0.25, 0.3) is 0 Å². The van der Waals surface area contributed by atoms with Gasteiger partial charge in [-0.05, 0) is 30.3 Å². The summed E-state index contributed by atoms with van der Waals surface area (Å²) in [5, 5.41) is 0.367. The van der Waals surface area contributed by atoms with Gasteiger partial charge in [0.05, 0.1) is 15.6 Å². The van der Waals surface area contributed by atoms with E-state index in [0.29, 0.717) is 0 Å². The molecule has 0 spiro atoms. The molecule has 9 heteroatoms. The van der Waals surface area contributed by atoms with Gasteiger partial charge < -0.3 is 0 Å². The fourth-order valence-corrected chi connectivity index (χ4v) is 3.39. The van der Waals surface area contributed by atoms with Crippen LogP contribution < -0.4 is 10.3 Å². The van der Waals surface area contributed by atoms with Crippen LogP contribution in [0, 0.1) is 0 Å². The molecule has 5 nitrogen and oxygen atoms in total. The van der Waals surface area contributed by atoms with Gasteiger partial charge in [-0.25, -0.2) is 8.42 Å². The monoisotopic (exact) mass is 378 g/mol. The molecule has 0 aliphatic carbocycles. The van der Waals surface area contributed by atoms with Gasteiger partial charge in [0.2, 0.25) is 0 Å². The number of nitrogens with one attached hydrogen (secondary N) is 2. The molecule has 0 aromatic heterocycles. The lowest BCUT2D eigenvalue weighted by Gasteiger charge is -2.10. The minimum Gasteiger partial charge on any atom is -0.273 e. The van der Waals surface area contributed by atoms with Crippen LogP contribution in [-0.4, -0.2) is 14.3 Å². The van der Waals surface area contributed by atoms with Crippen LogP contribution in [-0.2, 0) is 10.0 Å². The van der Waals surface area contributed by atoms with E-state index in [-0.39, 0.29) is 25.5 Å². The van der Waals surface area contributed by atoms with Crippen molar-refractivity contribution >= 4 is 50.7 Å². The molecule has 0 aliphatic rings. The molecule has 0 bridgehead atoms. The number of carbonyl (C=O) groups excluding carboxylic acids is 1. The van der Waals surface area contributed by atoms with E-state index in [0.717, 1.165) is 0 Å². The van der Waals surface area contributed by atoms with E-state index >= 15 is 0 Å². The first-order chi connectivity index (χ1) is 10.3. The fourth-order valence-electron chi connectivity index (χ4n) is 1.56. The summed E-state index contributed by atoms with van der Waals surface area (Å²) in [4.78, 5) is 13.6.